The molecular formula is C15H14O3S. The number of Topliss-reactive ketones (excluding diaryl/α,β-unsaturated/α-hetero) is 1. The maximum absolute atomic E-state index is 11.6. The molecule has 0 aliphatic rings. The Morgan fingerprint density at radius 3 is 2.47 bits per heavy atom. The summed E-state index contributed by atoms with van der Waals surface area (Å²) < 4.78 is 4.71. The quantitative estimate of drug-likeness (QED) is 0.634. The van der Waals surface area contributed by atoms with E-state index in [1.54, 1.807) is 6.07 Å². The van der Waals surface area contributed by atoms with Gasteiger partial charge in [-0.1, -0.05) is 30.3 Å². The summed E-state index contributed by atoms with van der Waals surface area (Å²) in [4.78, 5) is 24.6. The number of thiophene rings is 1. The molecule has 0 N–H and O–H groups in total. The Kier molecular flexibility index (Phi) is 4.12. The number of rotatable bonds is 4. The fourth-order valence-electron chi connectivity index (χ4n) is 1.85. The molecule has 0 saturated heterocycles. The van der Waals surface area contributed by atoms with Crippen molar-refractivity contribution in [3.63, 3.8) is 0 Å². The highest BCUT2D eigenvalue weighted by Gasteiger charge is 2.19. The number of hydrogen-bond acceptors (Lipinski definition) is 4. The summed E-state index contributed by atoms with van der Waals surface area (Å²) in [5.74, 6) is -0.564. The molecular weight excluding hydrogens is 260 g/mol. The second-order valence-electron chi connectivity index (χ2n) is 4.17. The van der Waals surface area contributed by atoms with E-state index >= 15 is 0 Å². The number of carbonyl (C=O) groups is 2. The standard InChI is InChI=1S/C15H14O3S/c1-10(16)14-13(15(17)18-2)9-12(19-14)8-11-6-4-3-5-7-11/h3-7,9H,8H2,1-2H3. The minimum absolute atomic E-state index is 0.107. The zero-order valence-electron chi connectivity index (χ0n) is 10.8. The molecule has 2 rings (SSSR count). The molecule has 0 unspecified atom stereocenters. The van der Waals surface area contributed by atoms with E-state index in [1.165, 1.54) is 25.4 Å². The highest BCUT2D eigenvalue weighted by molar-refractivity contribution is 7.14. The third kappa shape index (κ3) is 3.09. The zero-order chi connectivity index (χ0) is 13.8. The van der Waals surface area contributed by atoms with E-state index in [1.807, 2.05) is 30.3 Å². The molecule has 3 nitrogen and oxygen atoms in total. The van der Waals surface area contributed by atoms with Gasteiger partial charge in [-0.15, -0.1) is 11.3 Å². The Hall–Kier alpha value is -1.94. The molecule has 0 aliphatic carbocycles. The van der Waals surface area contributed by atoms with Crippen LogP contribution in [-0.2, 0) is 11.2 Å². The second kappa shape index (κ2) is 5.80. The van der Waals surface area contributed by atoms with Crippen LogP contribution in [0.5, 0.6) is 0 Å². The predicted octanol–water partition coefficient (Wildman–Crippen LogP) is 3.33. The summed E-state index contributed by atoms with van der Waals surface area (Å²) in [6.07, 6.45) is 0.711. The maximum Gasteiger partial charge on any atom is 0.339 e. The third-order valence-electron chi connectivity index (χ3n) is 2.73. The highest BCUT2D eigenvalue weighted by Crippen LogP contribution is 2.26. The molecule has 0 saturated carbocycles. The third-order valence-corrected chi connectivity index (χ3v) is 3.97. The van der Waals surface area contributed by atoms with Crippen LogP contribution in [-0.4, -0.2) is 18.9 Å². The average molecular weight is 274 g/mol. The van der Waals surface area contributed by atoms with E-state index in [4.69, 9.17) is 4.74 Å². The van der Waals surface area contributed by atoms with Crippen LogP contribution >= 0.6 is 11.3 Å². The monoisotopic (exact) mass is 274 g/mol. The zero-order valence-corrected chi connectivity index (χ0v) is 11.6. The molecule has 4 heteroatoms. The van der Waals surface area contributed by atoms with Gasteiger partial charge in [-0.05, 0) is 18.6 Å². The van der Waals surface area contributed by atoms with Crippen molar-refractivity contribution in [2.24, 2.45) is 0 Å². The van der Waals surface area contributed by atoms with E-state index in [2.05, 4.69) is 0 Å². The molecule has 1 aromatic heterocycles. The van der Waals surface area contributed by atoms with Crippen LogP contribution in [0.3, 0.4) is 0 Å². The van der Waals surface area contributed by atoms with Gasteiger partial charge in [-0.3, -0.25) is 4.79 Å². The number of ketones is 1. The van der Waals surface area contributed by atoms with E-state index < -0.39 is 5.97 Å². The van der Waals surface area contributed by atoms with Gasteiger partial charge in [0.15, 0.2) is 5.78 Å². The lowest BCUT2D eigenvalue weighted by Crippen LogP contribution is -2.04. The van der Waals surface area contributed by atoms with Gasteiger partial charge in [0.1, 0.15) is 0 Å². The Labute approximate surface area is 115 Å². The van der Waals surface area contributed by atoms with Crippen molar-refractivity contribution in [3.8, 4) is 0 Å². The fraction of sp³-hybridized carbons (Fsp3) is 0.200. The number of methoxy groups -OCH3 is 1. The lowest BCUT2D eigenvalue weighted by molar-refractivity contribution is 0.0598. The summed E-state index contributed by atoms with van der Waals surface area (Å²) in [5, 5.41) is 0. The Balaban J connectivity index is 2.33. The Morgan fingerprint density at radius 1 is 1.21 bits per heavy atom. The van der Waals surface area contributed by atoms with E-state index in [9.17, 15) is 9.59 Å². The summed E-state index contributed by atoms with van der Waals surface area (Å²) >= 11 is 1.36. The molecule has 0 amide bonds. The number of ether oxygens (including phenoxy) is 1. The van der Waals surface area contributed by atoms with Gasteiger partial charge in [0, 0.05) is 11.3 Å². The number of hydrogen-bond donors (Lipinski definition) is 0. The van der Waals surface area contributed by atoms with E-state index in [0.29, 0.717) is 16.9 Å². The SMILES string of the molecule is COC(=O)c1cc(Cc2ccccc2)sc1C(C)=O. The van der Waals surface area contributed by atoms with Crippen molar-refractivity contribution in [3.05, 3.63) is 57.3 Å². The first-order chi connectivity index (χ1) is 9.11. The predicted molar refractivity (Wildman–Crippen MR) is 74.9 cm³/mol. The smallest absolute Gasteiger partial charge is 0.339 e. The minimum atomic E-state index is -0.458. The summed E-state index contributed by atoms with van der Waals surface area (Å²) in [5.41, 5.74) is 1.51. The molecule has 0 atom stereocenters. The molecule has 19 heavy (non-hydrogen) atoms. The number of benzene rings is 1. The summed E-state index contributed by atoms with van der Waals surface area (Å²) in [6.45, 7) is 1.46. The average Bonchev–Trinajstić information content (AvgIpc) is 2.83. The first kappa shape index (κ1) is 13.5. The highest BCUT2D eigenvalue weighted by atomic mass is 32.1. The van der Waals surface area contributed by atoms with Crippen LogP contribution in [0.1, 0.15) is 37.4 Å². The lowest BCUT2D eigenvalue weighted by atomic mass is 10.1. The summed E-state index contributed by atoms with van der Waals surface area (Å²) in [7, 11) is 1.32. The van der Waals surface area contributed by atoms with Crippen LogP contribution in [0, 0.1) is 0 Å². The van der Waals surface area contributed by atoms with Crippen molar-refractivity contribution >= 4 is 23.1 Å². The Bertz CT molecular complexity index is 599. The Morgan fingerprint density at radius 2 is 1.89 bits per heavy atom. The second-order valence-corrected chi connectivity index (χ2v) is 5.30. The van der Waals surface area contributed by atoms with Gasteiger partial charge < -0.3 is 4.74 Å². The van der Waals surface area contributed by atoms with Crippen molar-refractivity contribution in [2.75, 3.05) is 7.11 Å². The van der Waals surface area contributed by atoms with Crippen molar-refractivity contribution in [2.45, 2.75) is 13.3 Å². The molecule has 2 aromatic rings. The van der Waals surface area contributed by atoms with Gasteiger partial charge >= 0.3 is 5.97 Å². The van der Waals surface area contributed by atoms with E-state index in [-0.39, 0.29) is 5.78 Å². The van der Waals surface area contributed by atoms with Crippen LogP contribution < -0.4 is 0 Å². The van der Waals surface area contributed by atoms with Crippen molar-refractivity contribution in [1.82, 2.24) is 0 Å². The molecule has 0 bridgehead atoms. The normalized spacial score (nSPS) is 10.2. The van der Waals surface area contributed by atoms with Crippen LogP contribution in [0.25, 0.3) is 0 Å². The largest absolute Gasteiger partial charge is 0.465 e. The van der Waals surface area contributed by atoms with Crippen LogP contribution in [0.4, 0.5) is 0 Å². The van der Waals surface area contributed by atoms with Crippen molar-refractivity contribution < 1.29 is 14.3 Å². The molecule has 0 spiro atoms. The number of carbonyl (C=O) groups excluding carboxylic acids is 2. The molecule has 1 aromatic carbocycles. The first-order valence-corrected chi connectivity index (χ1v) is 6.69. The van der Waals surface area contributed by atoms with Gasteiger partial charge in [0.05, 0.1) is 17.6 Å². The summed E-state index contributed by atoms with van der Waals surface area (Å²) in [6, 6.07) is 11.7. The molecule has 1 heterocycles. The van der Waals surface area contributed by atoms with Gasteiger partial charge in [0.2, 0.25) is 0 Å². The molecule has 0 fully saturated rings. The van der Waals surface area contributed by atoms with Gasteiger partial charge in [-0.25, -0.2) is 4.79 Å². The van der Waals surface area contributed by atoms with E-state index in [0.717, 1.165) is 10.4 Å². The lowest BCUT2D eigenvalue weighted by Gasteiger charge is -1.97. The topological polar surface area (TPSA) is 43.4 Å². The van der Waals surface area contributed by atoms with Crippen LogP contribution in [0.2, 0.25) is 0 Å². The first-order valence-electron chi connectivity index (χ1n) is 5.87. The van der Waals surface area contributed by atoms with Gasteiger partial charge in [-0.2, -0.15) is 0 Å². The molecule has 0 aliphatic heterocycles. The molecule has 0 radical (unpaired) electrons. The van der Waals surface area contributed by atoms with Crippen LogP contribution in [0.15, 0.2) is 36.4 Å². The fourth-order valence-corrected chi connectivity index (χ4v) is 2.92. The number of esters is 1. The van der Waals surface area contributed by atoms with Crippen molar-refractivity contribution in [1.29, 1.82) is 0 Å². The maximum atomic E-state index is 11.6. The molecule has 98 valence electrons. The van der Waals surface area contributed by atoms with Gasteiger partial charge in [0.25, 0.3) is 0 Å². The minimum Gasteiger partial charge on any atom is -0.465 e.